The highest BCUT2D eigenvalue weighted by Gasteiger charge is 2.42. The van der Waals surface area contributed by atoms with Gasteiger partial charge in [0.1, 0.15) is 0 Å². The van der Waals surface area contributed by atoms with Crippen LogP contribution in [0.3, 0.4) is 0 Å². The molecule has 6 nitrogen and oxygen atoms in total. The summed E-state index contributed by atoms with van der Waals surface area (Å²) in [6.07, 6.45) is 11.2. The first-order valence-corrected chi connectivity index (χ1v) is 9.44. The first-order chi connectivity index (χ1) is 11.7. The Hall–Kier alpha value is -1.56. The predicted octanol–water partition coefficient (Wildman–Crippen LogP) is 1.79. The van der Waals surface area contributed by atoms with Crippen molar-refractivity contribution in [3.8, 4) is 0 Å². The molecule has 24 heavy (non-hydrogen) atoms. The highest BCUT2D eigenvalue weighted by atomic mass is 16.2. The van der Waals surface area contributed by atoms with Gasteiger partial charge in [-0.15, -0.1) is 0 Å². The molecule has 4 unspecified atom stereocenters. The average molecular weight is 331 g/mol. The maximum absolute atomic E-state index is 12.5. The Kier molecular flexibility index (Phi) is 4.48. The minimum atomic E-state index is 0.0789. The van der Waals surface area contributed by atoms with E-state index in [4.69, 9.17) is 0 Å². The normalized spacial score (nSPS) is 31.4. The summed E-state index contributed by atoms with van der Waals surface area (Å²) < 4.78 is 2.00. The number of fused-ring (bicyclic) bond motifs is 2. The van der Waals surface area contributed by atoms with E-state index in [2.05, 4.69) is 15.2 Å². The molecule has 2 saturated carbocycles. The van der Waals surface area contributed by atoms with Gasteiger partial charge in [0.05, 0.1) is 6.33 Å². The summed E-state index contributed by atoms with van der Waals surface area (Å²) in [7, 11) is 0. The number of carbonyl (C=O) groups is 1. The lowest BCUT2D eigenvalue weighted by atomic mass is 9.93. The van der Waals surface area contributed by atoms with Crippen molar-refractivity contribution in [2.45, 2.75) is 51.2 Å². The zero-order valence-corrected chi connectivity index (χ0v) is 14.6. The number of carbonyl (C=O) groups excluding carboxylic acids is 1. The van der Waals surface area contributed by atoms with Crippen molar-refractivity contribution in [3.05, 3.63) is 18.7 Å². The molecular formula is C18H29N5O. The molecule has 2 heterocycles. The Morgan fingerprint density at radius 1 is 1.25 bits per heavy atom. The van der Waals surface area contributed by atoms with Crippen LogP contribution in [-0.4, -0.2) is 63.6 Å². The lowest BCUT2D eigenvalue weighted by molar-refractivity contribution is 0.0819. The van der Waals surface area contributed by atoms with Crippen LogP contribution in [0.15, 0.2) is 18.7 Å². The third-order valence-corrected chi connectivity index (χ3v) is 6.19. The SMILES string of the molecule is CC(Cn1ccnc1)NC(=O)N1CCN(C2CC3CCC2C3)CC1. The molecule has 6 heteroatoms. The molecule has 0 radical (unpaired) electrons. The third-order valence-electron chi connectivity index (χ3n) is 6.19. The first kappa shape index (κ1) is 15.9. The van der Waals surface area contributed by atoms with Gasteiger partial charge in [-0.25, -0.2) is 9.78 Å². The fourth-order valence-corrected chi connectivity index (χ4v) is 4.97. The molecule has 0 spiro atoms. The van der Waals surface area contributed by atoms with Crippen molar-refractivity contribution in [2.75, 3.05) is 26.2 Å². The van der Waals surface area contributed by atoms with Gasteiger partial charge in [-0.3, -0.25) is 4.90 Å². The van der Waals surface area contributed by atoms with E-state index in [1.54, 1.807) is 12.5 Å². The van der Waals surface area contributed by atoms with Crippen molar-refractivity contribution in [1.29, 1.82) is 0 Å². The summed E-state index contributed by atoms with van der Waals surface area (Å²) in [5.74, 6) is 1.93. The molecule has 1 aliphatic heterocycles. The Morgan fingerprint density at radius 2 is 2.08 bits per heavy atom. The Bertz CT molecular complexity index is 552. The molecule has 0 aromatic carbocycles. The van der Waals surface area contributed by atoms with Gasteiger partial charge in [-0.05, 0) is 38.0 Å². The van der Waals surface area contributed by atoms with Gasteiger partial charge in [0, 0.05) is 57.2 Å². The van der Waals surface area contributed by atoms with Crippen molar-refractivity contribution >= 4 is 6.03 Å². The van der Waals surface area contributed by atoms with E-state index < -0.39 is 0 Å². The van der Waals surface area contributed by atoms with E-state index in [1.165, 1.54) is 25.7 Å². The highest BCUT2D eigenvalue weighted by Crippen LogP contribution is 2.46. The standard InChI is InChI=1S/C18H29N5O/c1-14(12-21-5-4-19-13-21)20-18(24)23-8-6-22(7-9-23)17-11-15-2-3-16(17)10-15/h4-5,13-17H,2-3,6-12H2,1H3,(H,20,24). The number of hydrogen-bond acceptors (Lipinski definition) is 3. The summed E-state index contributed by atoms with van der Waals surface area (Å²) in [6, 6.07) is 0.986. The zero-order chi connectivity index (χ0) is 16.5. The fourth-order valence-electron chi connectivity index (χ4n) is 4.97. The van der Waals surface area contributed by atoms with Crippen LogP contribution in [0.5, 0.6) is 0 Å². The monoisotopic (exact) mass is 331 g/mol. The molecule has 1 saturated heterocycles. The average Bonchev–Trinajstić information content (AvgIpc) is 3.32. The number of imidazole rings is 1. The molecule has 3 fully saturated rings. The largest absolute Gasteiger partial charge is 0.335 e. The van der Waals surface area contributed by atoms with Crippen LogP contribution in [-0.2, 0) is 6.54 Å². The fraction of sp³-hybridized carbons (Fsp3) is 0.778. The van der Waals surface area contributed by atoms with Crippen molar-refractivity contribution < 1.29 is 4.79 Å². The molecule has 4 atom stereocenters. The quantitative estimate of drug-likeness (QED) is 0.915. The van der Waals surface area contributed by atoms with Crippen molar-refractivity contribution in [3.63, 3.8) is 0 Å². The molecule has 132 valence electrons. The second-order valence-electron chi connectivity index (χ2n) is 7.88. The molecule has 1 aromatic heterocycles. The third kappa shape index (κ3) is 3.29. The number of nitrogens with zero attached hydrogens (tertiary/aromatic N) is 4. The second kappa shape index (κ2) is 6.75. The van der Waals surface area contributed by atoms with E-state index >= 15 is 0 Å². The van der Waals surface area contributed by atoms with Crippen molar-refractivity contribution in [1.82, 2.24) is 24.7 Å². The van der Waals surface area contributed by atoms with Gasteiger partial charge in [-0.2, -0.15) is 0 Å². The lowest BCUT2D eigenvalue weighted by Gasteiger charge is -2.41. The van der Waals surface area contributed by atoms with Crippen LogP contribution in [0.1, 0.15) is 32.6 Å². The number of hydrogen-bond donors (Lipinski definition) is 1. The van der Waals surface area contributed by atoms with E-state index in [9.17, 15) is 4.79 Å². The van der Waals surface area contributed by atoms with Crippen LogP contribution < -0.4 is 5.32 Å². The Morgan fingerprint density at radius 3 is 2.71 bits per heavy atom. The maximum atomic E-state index is 12.5. The molecular weight excluding hydrogens is 302 g/mol. The smallest absolute Gasteiger partial charge is 0.317 e. The molecule has 1 aromatic rings. The van der Waals surface area contributed by atoms with Gasteiger partial charge >= 0.3 is 6.03 Å². The van der Waals surface area contributed by atoms with E-state index in [1.807, 2.05) is 22.6 Å². The minimum absolute atomic E-state index is 0.0789. The van der Waals surface area contributed by atoms with Crippen LogP contribution >= 0.6 is 0 Å². The molecule has 3 aliphatic rings. The number of aromatic nitrogens is 2. The summed E-state index contributed by atoms with van der Waals surface area (Å²) in [6.45, 7) is 6.60. The van der Waals surface area contributed by atoms with Gasteiger partial charge in [0.25, 0.3) is 0 Å². The minimum Gasteiger partial charge on any atom is -0.335 e. The predicted molar refractivity (Wildman–Crippen MR) is 92.6 cm³/mol. The number of nitrogens with one attached hydrogen (secondary N) is 1. The first-order valence-electron chi connectivity index (χ1n) is 9.44. The van der Waals surface area contributed by atoms with Crippen LogP contribution in [0, 0.1) is 11.8 Å². The molecule has 1 N–H and O–H groups in total. The van der Waals surface area contributed by atoms with Crippen molar-refractivity contribution in [2.24, 2.45) is 11.8 Å². The summed E-state index contributed by atoms with van der Waals surface area (Å²) >= 11 is 0. The van der Waals surface area contributed by atoms with Gasteiger partial charge < -0.3 is 14.8 Å². The topological polar surface area (TPSA) is 53.4 Å². The highest BCUT2D eigenvalue weighted by molar-refractivity contribution is 5.74. The van der Waals surface area contributed by atoms with Crippen LogP contribution in [0.25, 0.3) is 0 Å². The van der Waals surface area contributed by atoms with Gasteiger partial charge in [-0.1, -0.05) is 6.42 Å². The Labute approximate surface area is 144 Å². The second-order valence-corrected chi connectivity index (χ2v) is 7.88. The Balaban J connectivity index is 1.22. The summed E-state index contributed by atoms with van der Waals surface area (Å²) in [5.41, 5.74) is 0. The number of urea groups is 1. The van der Waals surface area contributed by atoms with Gasteiger partial charge in [0.2, 0.25) is 0 Å². The van der Waals surface area contributed by atoms with Gasteiger partial charge in [0.15, 0.2) is 0 Å². The number of amides is 2. The summed E-state index contributed by atoms with van der Waals surface area (Å²) in [4.78, 5) is 21.1. The number of rotatable bonds is 4. The summed E-state index contributed by atoms with van der Waals surface area (Å²) in [5, 5.41) is 3.12. The van der Waals surface area contributed by atoms with E-state index in [0.29, 0.717) is 0 Å². The van der Waals surface area contributed by atoms with E-state index in [-0.39, 0.29) is 12.1 Å². The van der Waals surface area contributed by atoms with E-state index in [0.717, 1.165) is 50.6 Å². The number of piperazine rings is 1. The maximum Gasteiger partial charge on any atom is 0.317 e. The van der Waals surface area contributed by atoms with Crippen LogP contribution in [0.4, 0.5) is 4.79 Å². The molecule has 2 amide bonds. The molecule has 4 rings (SSSR count). The zero-order valence-electron chi connectivity index (χ0n) is 14.6. The lowest BCUT2D eigenvalue weighted by Crippen LogP contribution is -2.56. The molecule has 2 bridgehead atoms. The van der Waals surface area contributed by atoms with Crippen LogP contribution in [0.2, 0.25) is 0 Å². The molecule has 2 aliphatic carbocycles.